The number of anilines is 1. The van der Waals surface area contributed by atoms with Crippen LogP contribution in [-0.2, 0) is 5.41 Å². The summed E-state index contributed by atoms with van der Waals surface area (Å²) in [5.41, 5.74) is 7.42. The molecule has 0 saturated carbocycles. The predicted molar refractivity (Wildman–Crippen MR) is 58.7 cm³/mol. The summed E-state index contributed by atoms with van der Waals surface area (Å²) in [4.78, 5) is 4.22. The van der Waals surface area contributed by atoms with Crippen molar-refractivity contribution >= 4 is 5.69 Å². The molecule has 0 saturated heterocycles. The van der Waals surface area contributed by atoms with E-state index in [1.807, 2.05) is 26.0 Å². The van der Waals surface area contributed by atoms with Crippen LogP contribution in [0.15, 0.2) is 18.3 Å². The topological polar surface area (TPSA) is 38.9 Å². The van der Waals surface area contributed by atoms with Crippen molar-refractivity contribution in [3.05, 3.63) is 24.0 Å². The monoisotopic (exact) mass is 180 g/mol. The van der Waals surface area contributed by atoms with E-state index < -0.39 is 0 Å². The van der Waals surface area contributed by atoms with Crippen LogP contribution in [0.3, 0.4) is 0 Å². The molecule has 1 rings (SSSR count). The highest BCUT2D eigenvalue weighted by Crippen LogP contribution is 2.19. The lowest BCUT2D eigenvalue weighted by atomic mass is 9.92. The molecular formula is C11H20N2. The first kappa shape index (κ1) is 11.9. The van der Waals surface area contributed by atoms with Crippen molar-refractivity contribution < 1.29 is 0 Å². The number of nitrogens with zero attached hydrogens (tertiary/aromatic N) is 1. The molecule has 1 aromatic heterocycles. The zero-order valence-corrected chi connectivity index (χ0v) is 9.26. The third-order valence-electron chi connectivity index (χ3n) is 1.55. The van der Waals surface area contributed by atoms with Gasteiger partial charge in [0.25, 0.3) is 0 Å². The summed E-state index contributed by atoms with van der Waals surface area (Å²) in [6.07, 6.45) is 1.70. The van der Waals surface area contributed by atoms with Crippen LogP contribution in [0.5, 0.6) is 0 Å². The second-order valence-electron chi connectivity index (χ2n) is 3.73. The highest BCUT2D eigenvalue weighted by atomic mass is 14.7. The molecule has 1 aromatic rings. The largest absolute Gasteiger partial charge is 0.397 e. The van der Waals surface area contributed by atoms with Gasteiger partial charge in [0, 0.05) is 11.1 Å². The Morgan fingerprint density at radius 2 is 1.69 bits per heavy atom. The van der Waals surface area contributed by atoms with Crippen LogP contribution in [0.25, 0.3) is 0 Å². The third-order valence-corrected chi connectivity index (χ3v) is 1.55. The van der Waals surface area contributed by atoms with Crippen LogP contribution in [-0.4, -0.2) is 4.98 Å². The van der Waals surface area contributed by atoms with E-state index in [9.17, 15) is 0 Å². The molecule has 2 N–H and O–H groups in total. The first-order valence-corrected chi connectivity index (χ1v) is 4.72. The van der Waals surface area contributed by atoms with Gasteiger partial charge in [0.1, 0.15) is 0 Å². The fraction of sp³-hybridized carbons (Fsp3) is 0.545. The lowest BCUT2D eigenvalue weighted by molar-refractivity contribution is 0.569. The van der Waals surface area contributed by atoms with E-state index in [1.54, 1.807) is 6.20 Å². The van der Waals surface area contributed by atoms with Crippen LogP contribution in [0, 0.1) is 0 Å². The normalized spacial score (nSPS) is 10.2. The fourth-order valence-corrected chi connectivity index (χ4v) is 0.849. The molecule has 0 amide bonds. The molecule has 0 aliphatic rings. The number of pyridine rings is 1. The minimum Gasteiger partial charge on any atom is -0.397 e. The molecular weight excluding hydrogens is 160 g/mol. The van der Waals surface area contributed by atoms with E-state index in [2.05, 4.69) is 25.8 Å². The molecule has 0 aliphatic carbocycles. The smallest absolute Gasteiger partial charge is 0.0501 e. The van der Waals surface area contributed by atoms with Gasteiger partial charge in [-0.15, -0.1) is 0 Å². The van der Waals surface area contributed by atoms with Crippen molar-refractivity contribution in [2.45, 2.75) is 40.0 Å². The maximum Gasteiger partial charge on any atom is 0.0501 e. The lowest BCUT2D eigenvalue weighted by Crippen LogP contribution is -2.13. The average Bonchev–Trinajstić information content (AvgIpc) is 2.07. The van der Waals surface area contributed by atoms with Crippen LogP contribution >= 0.6 is 0 Å². The van der Waals surface area contributed by atoms with Gasteiger partial charge in [0.05, 0.1) is 11.9 Å². The number of rotatable bonds is 0. The molecule has 2 nitrogen and oxygen atoms in total. The molecule has 0 aliphatic heterocycles. The Labute approximate surface area is 81.2 Å². The van der Waals surface area contributed by atoms with Gasteiger partial charge < -0.3 is 5.73 Å². The molecule has 0 aromatic carbocycles. The standard InChI is InChI=1S/C9H14N2.C2H6/c1-9(2,3)8-5-4-7(10)6-11-8;1-2/h4-6H,10H2,1-3H3;1-2H3. The molecule has 0 unspecified atom stereocenters. The van der Waals surface area contributed by atoms with Crippen molar-refractivity contribution in [2.24, 2.45) is 0 Å². The van der Waals surface area contributed by atoms with Gasteiger partial charge in [-0.1, -0.05) is 34.6 Å². The fourth-order valence-electron chi connectivity index (χ4n) is 0.849. The van der Waals surface area contributed by atoms with Gasteiger partial charge in [-0.2, -0.15) is 0 Å². The van der Waals surface area contributed by atoms with Crippen LogP contribution < -0.4 is 5.73 Å². The van der Waals surface area contributed by atoms with E-state index in [1.165, 1.54) is 0 Å². The molecule has 0 spiro atoms. The van der Waals surface area contributed by atoms with Crippen LogP contribution in [0.1, 0.15) is 40.3 Å². The lowest BCUT2D eigenvalue weighted by Gasteiger charge is -2.16. The summed E-state index contributed by atoms with van der Waals surface area (Å²) in [7, 11) is 0. The number of hydrogen-bond acceptors (Lipinski definition) is 2. The Kier molecular flexibility index (Phi) is 4.46. The summed E-state index contributed by atoms with van der Waals surface area (Å²) in [5, 5.41) is 0. The second-order valence-corrected chi connectivity index (χ2v) is 3.73. The van der Waals surface area contributed by atoms with Crippen molar-refractivity contribution in [2.75, 3.05) is 5.73 Å². The van der Waals surface area contributed by atoms with E-state index in [0.29, 0.717) is 0 Å². The highest BCUT2D eigenvalue weighted by Gasteiger charge is 2.13. The Morgan fingerprint density at radius 3 is 2.00 bits per heavy atom. The quantitative estimate of drug-likeness (QED) is 0.666. The SMILES string of the molecule is CC.CC(C)(C)c1ccc(N)cn1. The van der Waals surface area contributed by atoms with E-state index in [-0.39, 0.29) is 5.41 Å². The van der Waals surface area contributed by atoms with Gasteiger partial charge in [0.2, 0.25) is 0 Å². The molecule has 0 radical (unpaired) electrons. The van der Waals surface area contributed by atoms with Crippen molar-refractivity contribution in [3.63, 3.8) is 0 Å². The third kappa shape index (κ3) is 3.92. The molecule has 0 fully saturated rings. The molecule has 0 atom stereocenters. The minimum atomic E-state index is 0.119. The summed E-state index contributed by atoms with van der Waals surface area (Å²) in [6, 6.07) is 3.85. The van der Waals surface area contributed by atoms with Gasteiger partial charge in [-0.25, -0.2) is 0 Å². The van der Waals surface area contributed by atoms with Gasteiger partial charge >= 0.3 is 0 Å². The molecule has 0 bridgehead atoms. The van der Waals surface area contributed by atoms with Gasteiger partial charge in [-0.3, -0.25) is 4.98 Å². The number of hydrogen-bond donors (Lipinski definition) is 1. The van der Waals surface area contributed by atoms with Crippen LogP contribution in [0.2, 0.25) is 0 Å². The van der Waals surface area contributed by atoms with E-state index >= 15 is 0 Å². The Hall–Kier alpha value is -1.05. The van der Waals surface area contributed by atoms with Gasteiger partial charge in [0.15, 0.2) is 0 Å². The predicted octanol–water partition coefficient (Wildman–Crippen LogP) is 2.99. The average molecular weight is 180 g/mol. The van der Waals surface area contributed by atoms with Crippen LogP contribution in [0.4, 0.5) is 5.69 Å². The molecule has 2 heteroatoms. The minimum absolute atomic E-state index is 0.119. The first-order chi connectivity index (χ1) is 6.00. The Balaban J connectivity index is 0.000000671. The zero-order valence-electron chi connectivity index (χ0n) is 9.26. The van der Waals surface area contributed by atoms with Gasteiger partial charge in [-0.05, 0) is 12.1 Å². The number of aromatic nitrogens is 1. The van der Waals surface area contributed by atoms with Crippen molar-refractivity contribution in [3.8, 4) is 0 Å². The second kappa shape index (κ2) is 4.85. The Bertz CT molecular complexity index is 231. The highest BCUT2D eigenvalue weighted by molar-refractivity contribution is 5.35. The summed E-state index contributed by atoms with van der Waals surface area (Å²) >= 11 is 0. The first-order valence-electron chi connectivity index (χ1n) is 4.72. The number of nitrogens with two attached hydrogens (primary N) is 1. The van der Waals surface area contributed by atoms with Crippen molar-refractivity contribution in [1.29, 1.82) is 0 Å². The molecule has 74 valence electrons. The molecule has 13 heavy (non-hydrogen) atoms. The maximum absolute atomic E-state index is 5.51. The van der Waals surface area contributed by atoms with Crippen molar-refractivity contribution in [1.82, 2.24) is 4.98 Å². The summed E-state index contributed by atoms with van der Waals surface area (Å²) in [5.74, 6) is 0. The maximum atomic E-state index is 5.51. The van der Waals surface area contributed by atoms with E-state index in [4.69, 9.17) is 5.73 Å². The summed E-state index contributed by atoms with van der Waals surface area (Å²) in [6.45, 7) is 10.4. The molecule has 1 heterocycles. The van der Waals surface area contributed by atoms with E-state index in [0.717, 1.165) is 11.4 Å². The summed E-state index contributed by atoms with van der Waals surface area (Å²) < 4.78 is 0. The Morgan fingerprint density at radius 1 is 1.15 bits per heavy atom. The number of nitrogen functional groups attached to an aromatic ring is 1. The zero-order chi connectivity index (χ0) is 10.5.